The molecule has 1 atom stereocenters. The van der Waals surface area contributed by atoms with Crippen molar-refractivity contribution < 1.29 is 9.53 Å². The number of benzene rings is 2. The maximum Gasteiger partial charge on any atom is 0.220 e. The van der Waals surface area contributed by atoms with Crippen molar-refractivity contribution in [2.45, 2.75) is 46.1 Å². The number of rotatable bonds is 9. The molecule has 0 heterocycles. The zero-order chi connectivity index (χ0) is 18.1. The molecule has 3 nitrogen and oxygen atoms in total. The second-order valence-corrected chi connectivity index (χ2v) is 6.93. The zero-order valence-electron chi connectivity index (χ0n) is 15.5. The highest BCUT2D eigenvalue weighted by Crippen LogP contribution is 2.21. The van der Waals surface area contributed by atoms with Gasteiger partial charge in [-0.3, -0.25) is 4.79 Å². The summed E-state index contributed by atoms with van der Waals surface area (Å²) in [4.78, 5) is 12.3. The second-order valence-electron chi connectivity index (χ2n) is 6.93. The van der Waals surface area contributed by atoms with Gasteiger partial charge < -0.3 is 10.1 Å². The van der Waals surface area contributed by atoms with Crippen molar-refractivity contribution in [2.24, 2.45) is 5.92 Å². The summed E-state index contributed by atoms with van der Waals surface area (Å²) in [6, 6.07) is 18.2. The number of amides is 1. The molecule has 25 heavy (non-hydrogen) atoms. The van der Waals surface area contributed by atoms with Crippen LogP contribution in [0.2, 0.25) is 0 Å². The first-order valence-electron chi connectivity index (χ1n) is 9.08. The fourth-order valence-electron chi connectivity index (χ4n) is 2.76. The third-order valence-corrected chi connectivity index (χ3v) is 4.08. The van der Waals surface area contributed by atoms with Crippen LogP contribution in [-0.2, 0) is 4.79 Å². The predicted molar refractivity (Wildman–Crippen MR) is 103 cm³/mol. The smallest absolute Gasteiger partial charge is 0.220 e. The van der Waals surface area contributed by atoms with Crippen LogP contribution in [0.3, 0.4) is 0 Å². The Labute approximate surface area is 151 Å². The average molecular weight is 339 g/mol. The molecule has 1 unspecified atom stereocenters. The van der Waals surface area contributed by atoms with Gasteiger partial charge in [0.2, 0.25) is 5.91 Å². The van der Waals surface area contributed by atoms with Crippen LogP contribution in [0.1, 0.15) is 50.3 Å². The summed E-state index contributed by atoms with van der Waals surface area (Å²) < 4.78 is 5.69. The maximum absolute atomic E-state index is 12.3. The summed E-state index contributed by atoms with van der Waals surface area (Å²) in [6.07, 6.45) is 2.13. The van der Waals surface area contributed by atoms with Crippen LogP contribution in [0, 0.1) is 12.8 Å². The summed E-state index contributed by atoms with van der Waals surface area (Å²) in [5.74, 6) is 1.46. The minimum absolute atomic E-state index is 0.0757. The predicted octanol–water partition coefficient (Wildman–Crippen LogP) is 5.06. The van der Waals surface area contributed by atoms with E-state index >= 15 is 0 Å². The summed E-state index contributed by atoms with van der Waals surface area (Å²) >= 11 is 0. The molecule has 2 rings (SSSR count). The molecule has 0 radical (unpaired) electrons. The standard InChI is InChI=1S/C22H29NO2/c1-17(2)16-21(19-8-5-4-6-9-19)23-22(24)10-7-15-25-20-13-11-18(3)12-14-20/h4-6,8-9,11-14,17,21H,7,10,15-16H2,1-3H3,(H,23,24). The Morgan fingerprint density at radius 2 is 1.72 bits per heavy atom. The Kier molecular flexibility index (Phi) is 7.52. The van der Waals surface area contributed by atoms with Gasteiger partial charge in [0.05, 0.1) is 12.6 Å². The number of carbonyl (C=O) groups excluding carboxylic acids is 1. The number of hydrogen-bond acceptors (Lipinski definition) is 2. The van der Waals surface area contributed by atoms with E-state index in [1.165, 1.54) is 11.1 Å². The molecule has 0 bridgehead atoms. The van der Waals surface area contributed by atoms with Gasteiger partial charge in [0, 0.05) is 6.42 Å². The quantitative estimate of drug-likeness (QED) is 0.649. The van der Waals surface area contributed by atoms with Gasteiger partial charge in [-0.2, -0.15) is 0 Å². The Balaban J connectivity index is 1.77. The topological polar surface area (TPSA) is 38.3 Å². The highest BCUT2D eigenvalue weighted by Gasteiger charge is 2.15. The Bertz CT molecular complexity index is 635. The average Bonchev–Trinajstić information content (AvgIpc) is 2.60. The number of carbonyl (C=O) groups is 1. The molecular weight excluding hydrogens is 310 g/mol. The van der Waals surface area contributed by atoms with Crippen LogP contribution in [0.15, 0.2) is 54.6 Å². The molecule has 2 aromatic rings. The van der Waals surface area contributed by atoms with Crippen LogP contribution < -0.4 is 10.1 Å². The molecule has 2 aromatic carbocycles. The summed E-state index contributed by atoms with van der Waals surface area (Å²) in [5, 5.41) is 3.18. The van der Waals surface area contributed by atoms with Gasteiger partial charge >= 0.3 is 0 Å². The third kappa shape index (κ3) is 7.00. The summed E-state index contributed by atoms with van der Waals surface area (Å²) in [5.41, 5.74) is 2.38. The minimum atomic E-state index is 0.0757. The number of hydrogen-bond donors (Lipinski definition) is 1. The summed E-state index contributed by atoms with van der Waals surface area (Å²) in [6.45, 7) is 6.96. The zero-order valence-corrected chi connectivity index (χ0v) is 15.5. The monoisotopic (exact) mass is 339 g/mol. The van der Waals surface area contributed by atoms with E-state index in [1.54, 1.807) is 0 Å². The second kappa shape index (κ2) is 9.87. The van der Waals surface area contributed by atoms with E-state index in [9.17, 15) is 4.79 Å². The van der Waals surface area contributed by atoms with Crippen LogP contribution in [-0.4, -0.2) is 12.5 Å². The van der Waals surface area contributed by atoms with Gasteiger partial charge in [-0.05, 0) is 43.4 Å². The van der Waals surface area contributed by atoms with Gasteiger partial charge in [-0.25, -0.2) is 0 Å². The van der Waals surface area contributed by atoms with Crippen molar-refractivity contribution in [3.8, 4) is 5.75 Å². The molecule has 0 spiro atoms. The molecule has 0 aliphatic rings. The molecule has 0 aromatic heterocycles. The molecule has 134 valence electrons. The molecule has 0 aliphatic carbocycles. The van der Waals surface area contributed by atoms with Crippen molar-refractivity contribution in [1.82, 2.24) is 5.32 Å². The molecular formula is C22H29NO2. The summed E-state index contributed by atoms with van der Waals surface area (Å²) in [7, 11) is 0. The molecule has 3 heteroatoms. The van der Waals surface area contributed by atoms with E-state index in [4.69, 9.17) is 4.74 Å². The van der Waals surface area contributed by atoms with Crippen LogP contribution in [0.4, 0.5) is 0 Å². The van der Waals surface area contributed by atoms with Crippen molar-refractivity contribution in [3.63, 3.8) is 0 Å². The van der Waals surface area contributed by atoms with Gasteiger partial charge in [0.15, 0.2) is 0 Å². The van der Waals surface area contributed by atoms with E-state index in [1.807, 2.05) is 42.5 Å². The normalized spacial score (nSPS) is 12.0. The minimum Gasteiger partial charge on any atom is -0.494 e. The molecule has 1 N–H and O–H groups in total. The van der Waals surface area contributed by atoms with Crippen molar-refractivity contribution >= 4 is 5.91 Å². The number of nitrogens with one attached hydrogen (secondary N) is 1. The van der Waals surface area contributed by atoms with E-state index in [0.717, 1.165) is 12.2 Å². The van der Waals surface area contributed by atoms with Crippen molar-refractivity contribution in [2.75, 3.05) is 6.61 Å². The van der Waals surface area contributed by atoms with Gasteiger partial charge in [-0.15, -0.1) is 0 Å². The fourth-order valence-corrected chi connectivity index (χ4v) is 2.76. The van der Waals surface area contributed by atoms with Crippen molar-refractivity contribution in [1.29, 1.82) is 0 Å². The van der Waals surface area contributed by atoms with Gasteiger partial charge in [0.1, 0.15) is 5.75 Å². The lowest BCUT2D eigenvalue weighted by molar-refractivity contribution is -0.122. The van der Waals surface area contributed by atoms with Crippen LogP contribution in [0.5, 0.6) is 5.75 Å². The largest absolute Gasteiger partial charge is 0.494 e. The Morgan fingerprint density at radius 3 is 2.36 bits per heavy atom. The van der Waals surface area contributed by atoms with Crippen LogP contribution >= 0.6 is 0 Å². The highest BCUT2D eigenvalue weighted by molar-refractivity contribution is 5.76. The van der Waals surface area contributed by atoms with E-state index in [0.29, 0.717) is 25.4 Å². The lowest BCUT2D eigenvalue weighted by Crippen LogP contribution is -2.29. The fraction of sp³-hybridized carbons (Fsp3) is 0.409. The number of ether oxygens (including phenoxy) is 1. The maximum atomic E-state index is 12.3. The molecule has 0 fully saturated rings. The third-order valence-electron chi connectivity index (χ3n) is 4.08. The first-order valence-corrected chi connectivity index (χ1v) is 9.08. The lowest BCUT2D eigenvalue weighted by atomic mass is 9.97. The van der Waals surface area contributed by atoms with E-state index in [-0.39, 0.29) is 11.9 Å². The Morgan fingerprint density at radius 1 is 1.04 bits per heavy atom. The first kappa shape index (κ1) is 19.0. The molecule has 0 saturated heterocycles. The first-order chi connectivity index (χ1) is 12.0. The van der Waals surface area contributed by atoms with Gasteiger partial charge in [-0.1, -0.05) is 61.9 Å². The van der Waals surface area contributed by atoms with E-state index < -0.39 is 0 Å². The van der Waals surface area contributed by atoms with Crippen molar-refractivity contribution in [3.05, 3.63) is 65.7 Å². The molecule has 1 amide bonds. The molecule has 0 aliphatic heterocycles. The van der Waals surface area contributed by atoms with Crippen LogP contribution in [0.25, 0.3) is 0 Å². The SMILES string of the molecule is Cc1ccc(OCCCC(=O)NC(CC(C)C)c2ccccc2)cc1. The molecule has 0 saturated carbocycles. The lowest BCUT2D eigenvalue weighted by Gasteiger charge is -2.21. The Hall–Kier alpha value is -2.29. The highest BCUT2D eigenvalue weighted by atomic mass is 16.5. The van der Waals surface area contributed by atoms with E-state index in [2.05, 4.69) is 38.2 Å². The number of aryl methyl sites for hydroxylation is 1. The van der Waals surface area contributed by atoms with Gasteiger partial charge in [0.25, 0.3) is 0 Å².